The number of hydrogen-bond acceptors (Lipinski definition) is 5. The van der Waals surface area contributed by atoms with Crippen molar-refractivity contribution >= 4 is 27.4 Å². The molecule has 0 aliphatic rings. The summed E-state index contributed by atoms with van der Waals surface area (Å²) < 4.78 is 6.73. The molecule has 0 saturated heterocycles. The minimum atomic E-state index is -0.517. The van der Waals surface area contributed by atoms with E-state index in [9.17, 15) is 9.90 Å². The van der Waals surface area contributed by atoms with Crippen molar-refractivity contribution in [1.29, 1.82) is 0 Å². The number of hydrogen-bond donors (Lipinski definition) is 1. The number of rotatable bonds is 0. The van der Waals surface area contributed by atoms with E-state index in [0.29, 0.717) is 21.9 Å². The molecule has 0 bridgehead atoms. The van der Waals surface area contributed by atoms with E-state index in [1.54, 1.807) is 18.2 Å². The van der Waals surface area contributed by atoms with Gasteiger partial charge >= 0.3 is 5.63 Å². The van der Waals surface area contributed by atoms with Crippen LogP contribution < -0.4 is 5.63 Å². The SMILES string of the molecule is O=c1oc2ccccc2n2c(O)c3cnncc3c12. The molecule has 3 aromatic heterocycles. The monoisotopic (exact) mass is 253 g/mol. The largest absolute Gasteiger partial charge is 0.494 e. The number of nitrogens with zero attached hydrogens (tertiary/aromatic N) is 3. The fraction of sp³-hybridized carbons (Fsp3) is 0. The highest BCUT2D eigenvalue weighted by Crippen LogP contribution is 2.31. The quantitative estimate of drug-likeness (QED) is 0.515. The summed E-state index contributed by atoms with van der Waals surface area (Å²) in [5, 5.41) is 18.7. The zero-order valence-electron chi connectivity index (χ0n) is 9.57. The molecule has 0 unspecified atom stereocenters. The van der Waals surface area contributed by atoms with Crippen LogP contribution in [0.3, 0.4) is 0 Å². The van der Waals surface area contributed by atoms with Crippen LogP contribution in [0, 0.1) is 0 Å². The first-order chi connectivity index (χ1) is 9.27. The standard InChI is InChI=1S/C13H7N3O3/c17-12-8-6-15-14-5-7(8)11-13(18)19-10-4-2-1-3-9(10)16(11)12/h1-6,17H. The topological polar surface area (TPSA) is 80.6 Å². The van der Waals surface area contributed by atoms with Crippen molar-refractivity contribution in [1.82, 2.24) is 14.6 Å². The molecule has 6 heteroatoms. The van der Waals surface area contributed by atoms with Gasteiger partial charge in [0.05, 0.1) is 23.3 Å². The first-order valence-electron chi connectivity index (χ1n) is 5.63. The fourth-order valence-electron chi connectivity index (χ4n) is 2.35. The summed E-state index contributed by atoms with van der Waals surface area (Å²) >= 11 is 0. The van der Waals surface area contributed by atoms with Crippen LogP contribution in [0.5, 0.6) is 5.88 Å². The van der Waals surface area contributed by atoms with Gasteiger partial charge in [-0.1, -0.05) is 12.1 Å². The lowest BCUT2D eigenvalue weighted by molar-refractivity contribution is 0.454. The Morgan fingerprint density at radius 2 is 1.84 bits per heavy atom. The van der Waals surface area contributed by atoms with E-state index in [-0.39, 0.29) is 11.4 Å². The average Bonchev–Trinajstić information content (AvgIpc) is 2.74. The second kappa shape index (κ2) is 3.32. The van der Waals surface area contributed by atoms with Crippen LogP contribution in [0.15, 0.2) is 45.9 Å². The van der Waals surface area contributed by atoms with Gasteiger partial charge in [-0.3, -0.25) is 4.40 Å². The molecule has 4 rings (SSSR count). The van der Waals surface area contributed by atoms with E-state index < -0.39 is 5.63 Å². The second-order valence-corrected chi connectivity index (χ2v) is 4.18. The Hall–Kier alpha value is -2.89. The number of benzene rings is 1. The Bertz CT molecular complexity index is 1000. The Balaban J connectivity index is 2.47. The Morgan fingerprint density at radius 3 is 2.68 bits per heavy atom. The normalized spacial score (nSPS) is 11.6. The summed E-state index contributed by atoms with van der Waals surface area (Å²) in [4.78, 5) is 12.1. The molecule has 0 aliphatic carbocycles. The molecule has 4 aromatic rings. The molecular formula is C13H7N3O3. The Morgan fingerprint density at radius 1 is 1.11 bits per heavy atom. The summed E-state index contributed by atoms with van der Waals surface area (Å²) in [6.07, 6.45) is 2.86. The van der Waals surface area contributed by atoms with Crippen molar-refractivity contribution in [2.24, 2.45) is 0 Å². The average molecular weight is 253 g/mol. The molecular weight excluding hydrogens is 246 g/mol. The maximum atomic E-state index is 12.1. The summed E-state index contributed by atoms with van der Waals surface area (Å²) in [6, 6.07) is 7.02. The van der Waals surface area contributed by atoms with Crippen LogP contribution in [0.1, 0.15) is 0 Å². The predicted octanol–water partition coefficient (Wildman–Crippen LogP) is 1.69. The molecule has 1 aromatic carbocycles. The van der Waals surface area contributed by atoms with E-state index in [1.165, 1.54) is 16.8 Å². The number of aromatic hydroxyl groups is 1. The smallest absolute Gasteiger partial charge is 0.361 e. The zero-order chi connectivity index (χ0) is 13.0. The molecule has 6 nitrogen and oxygen atoms in total. The van der Waals surface area contributed by atoms with E-state index in [0.717, 1.165) is 0 Å². The van der Waals surface area contributed by atoms with Gasteiger partial charge in [-0.25, -0.2) is 4.79 Å². The molecule has 0 atom stereocenters. The molecule has 0 radical (unpaired) electrons. The third-order valence-corrected chi connectivity index (χ3v) is 3.16. The highest BCUT2D eigenvalue weighted by molar-refractivity contribution is 6.02. The highest BCUT2D eigenvalue weighted by Gasteiger charge is 2.17. The van der Waals surface area contributed by atoms with Gasteiger partial charge < -0.3 is 9.52 Å². The highest BCUT2D eigenvalue weighted by atomic mass is 16.4. The van der Waals surface area contributed by atoms with E-state index in [2.05, 4.69) is 10.2 Å². The minimum Gasteiger partial charge on any atom is -0.494 e. The minimum absolute atomic E-state index is 0.0380. The molecule has 0 spiro atoms. The Labute approximate surface area is 105 Å². The summed E-state index contributed by atoms with van der Waals surface area (Å²) in [6.45, 7) is 0. The lowest BCUT2D eigenvalue weighted by Gasteiger charge is -2.01. The predicted molar refractivity (Wildman–Crippen MR) is 68.2 cm³/mol. The molecule has 0 saturated carbocycles. The molecule has 3 heterocycles. The van der Waals surface area contributed by atoms with Gasteiger partial charge in [-0.05, 0) is 12.1 Å². The first-order valence-corrected chi connectivity index (χ1v) is 5.63. The zero-order valence-corrected chi connectivity index (χ0v) is 9.57. The summed E-state index contributed by atoms with van der Waals surface area (Å²) in [5.74, 6) is -0.0380. The maximum absolute atomic E-state index is 12.1. The third-order valence-electron chi connectivity index (χ3n) is 3.16. The Kier molecular flexibility index (Phi) is 1.76. The molecule has 19 heavy (non-hydrogen) atoms. The van der Waals surface area contributed by atoms with Crippen molar-refractivity contribution in [3.05, 3.63) is 47.1 Å². The van der Waals surface area contributed by atoms with Crippen LogP contribution in [0.4, 0.5) is 0 Å². The lowest BCUT2D eigenvalue weighted by Crippen LogP contribution is -2.04. The van der Waals surface area contributed by atoms with Crippen molar-refractivity contribution in [3.63, 3.8) is 0 Å². The summed E-state index contributed by atoms with van der Waals surface area (Å²) in [5.41, 5.74) is 0.778. The van der Waals surface area contributed by atoms with Gasteiger partial charge in [-0.2, -0.15) is 10.2 Å². The van der Waals surface area contributed by atoms with Crippen LogP contribution in [-0.2, 0) is 0 Å². The third kappa shape index (κ3) is 1.17. The second-order valence-electron chi connectivity index (χ2n) is 4.18. The summed E-state index contributed by atoms with van der Waals surface area (Å²) in [7, 11) is 0. The van der Waals surface area contributed by atoms with Gasteiger partial charge in [-0.15, -0.1) is 0 Å². The van der Waals surface area contributed by atoms with E-state index in [4.69, 9.17) is 4.42 Å². The van der Waals surface area contributed by atoms with Gasteiger partial charge in [0.1, 0.15) is 5.52 Å². The van der Waals surface area contributed by atoms with Crippen molar-refractivity contribution in [3.8, 4) is 5.88 Å². The van der Waals surface area contributed by atoms with Crippen LogP contribution >= 0.6 is 0 Å². The van der Waals surface area contributed by atoms with Gasteiger partial charge in [0.2, 0.25) is 5.88 Å². The van der Waals surface area contributed by atoms with Crippen LogP contribution in [0.2, 0.25) is 0 Å². The maximum Gasteiger partial charge on any atom is 0.361 e. The molecule has 0 aliphatic heterocycles. The van der Waals surface area contributed by atoms with Crippen molar-refractivity contribution in [2.75, 3.05) is 0 Å². The van der Waals surface area contributed by atoms with Crippen molar-refractivity contribution in [2.45, 2.75) is 0 Å². The van der Waals surface area contributed by atoms with Gasteiger partial charge in [0, 0.05) is 5.39 Å². The van der Waals surface area contributed by atoms with Crippen LogP contribution in [-0.4, -0.2) is 19.7 Å². The van der Waals surface area contributed by atoms with Crippen LogP contribution in [0.25, 0.3) is 27.4 Å². The number of para-hydroxylation sites is 2. The van der Waals surface area contributed by atoms with E-state index in [1.807, 2.05) is 6.07 Å². The molecule has 1 N–H and O–H groups in total. The van der Waals surface area contributed by atoms with Gasteiger partial charge in [0.25, 0.3) is 0 Å². The first kappa shape index (κ1) is 10.1. The molecule has 0 fully saturated rings. The van der Waals surface area contributed by atoms with Gasteiger partial charge in [0.15, 0.2) is 5.58 Å². The lowest BCUT2D eigenvalue weighted by atomic mass is 10.3. The molecule has 0 amide bonds. The fourth-order valence-corrected chi connectivity index (χ4v) is 2.35. The van der Waals surface area contributed by atoms with Crippen molar-refractivity contribution < 1.29 is 9.52 Å². The number of fused-ring (bicyclic) bond motifs is 5. The molecule has 92 valence electrons. The van der Waals surface area contributed by atoms with E-state index >= 15 is 0 Å². The number of aromatic nitrogens is 3.